The van der Waals surface area contributed by atoms with Crippen molar-refractivity contribution in [1.82, 2.24) is 9.80 Å². The molecule has 1 aliphatic rings. The van der Waals surface area contributed by atoms with E-state index < -0.39 is 5.60 Å². The third-order valence-corrected chi connectivity index (χ3v) is 2.98. The molecule has 5 heteroatoms. The summed E-state index contributed by atoms with van der Waals surface area (Å²) >= 11 is 0. The van der Waals surface area contributed by atoms with Crippen LogP contribution in [0, 0.1) is 11.3 Å². The first-order chi connectivity index (χ1) is 8.33. The molecule has 0 unspecified atom stereocenters. The maximum absolute atomic E-state index is 11.8. The van der Waals surface area contributed by atoms with Crippen molar-refractivity contribution < 1.29 is 9.53 Å². The van der Waals surface area contributed by atoms with E-state index in [9.17, 15) is 4.79 Å². The molecule has 0 aromatic heterocycles. The Hall–Kier alpha value is -1.28. The van der Waals surface area contributed by atoms with Gasteiger partial charge in [-0.1, -0.05) is 0 Å². The average molecular weight is 253 g/mol. The molecule has 1 fully saturated rings. The van der Waals surface area contributed by atoms with Crippen molar-refractivity contribution in [1.29, 1.82) is 5.26 Å². The van der Waals surface area contributed by atoms with E-state index in [4.69, 9.17) is 10.00 Å². The fourth-order valence-corrected chi connectivity index (χ4v) is 1.93. The van der Waals surface area contributed by atoms with E-state index in [1.54, 1.807) is 4.90 Å². The molecule has 1 rings (SSSR count). The SMILES string of the molecule is C[C@H](CC#N)N1CCN(C(=O)OC(C)(C)C)CC1. The lowest BCUT2D eigenvalue weighted by atomic mass is 10.2. The van der Waals surface area contributed by atoms with Crippen LogP contribution in [0.5, 0.6) is 0 Å². The Balaban J connectivity index is 2.40. The molecule has 5 nitrogen and oxygen atoms in total. The second-order valence-corrected chi connectivity index (χ2v) is 5.71. The number of nitriles is 1. The minimum absolute atomic E-state index is 0.241. The van der Waals surface area contributed by atoms with Gasteiger partial charge in [0, 0.05) is 32.2 Å². The Labute approximate surface area is 109 Å². The largest absolute Gasteiger partial charge is 0.444 e. The number of amides is 1. The van der Waals surface area contributed by atoms with Crippen molar-refractivity contribution >= 4 is 6.09 Å². The molecule has 102 valence electrons. The minimum atomic E-state index is -0.442. The molecule has 0 radical (unpaired) electrons. The fourth-order valence-electron chi connectivity index (χ4n) is 1.93. The van der Waals surface area contributed by atoms with Gasteiger partial charge in [0.05, 0.1) is 12.5 Å². The Morgan fingerprint density at radius 2 is 1.89 bits per heavy atom. The standard InChI is InChI=1S/C13H23N3O2/c1-11(5-6-14)15-7-9-16(10-8-15)12(17)18-13(2,3)4/h11H,5,7-10H2,1-4H3/t11-/m1/s1. The predicted molar refractivity (Wildman–Crippen MR) is 69.1 cm³/mol. The smallest absolute Gasteiger partial charge is 0.410 e. The maximum Gasteiger partial charge on any atom is 0.410 e. The molecule has 1 heterocycles. The van der Waals surface area contributed by atoms with Crippen LogP contribution in [0.3, 0.4) is 0 Å². The van der Waals surface area contributed by atoms with Gasteiger partial charge in [0.25, 0.3) is 0 Å². The highest BCUT2D eigenvalue weighted by molar-refractivity contribution is 5.68. The van der Waals surface area contributed by atoms with Crippen LogP contribution in [-0.4, -0.2) is 53.7 Å². The number of nitrogens with zero attached hydrogens (tertiary/aromatic N) is 3. The van der Waals surface area contributed by atoms with Gasteiger partial charge in [-0.2, -0.15) is 5.26 Å². The summed E-state index contributed by atoms with van der Waals surface area (Å²) in [4.78, 5) is 15.8. The maximum atomic E-state index is 11.8. The Morgan fingerprint density at radius 3 is 2.33 bits per heavy atom. The van der Waals surface area contributed by atoms with Crippen LogP contribution in [0.15, 0.2) is 0 Å². The van der Waals surface area contributed by atoms with Gasteiger partial charge in [0.2, 0.25) is 0 Å². The van der Waals surface area contributed by atoms with E-state index in [0.717, 1.165) is 13.1 Å². The van der Waals surface area contributed by atoms with Gasteiger partial charge in [-0.3, -0.25) is 4.90 Å². The summed E-state index contributed by atoms with van der Waals surface area (Å²) in [6.07, 6.45) is 0.294. The molecule has 0 spiro atoms. The summed E-state index contributed by atoms with van der Waals surface area (Å²) in [6, 6.07) is 2.44. The number of hydrogen-bond acceptors (Lipinski definition) is 4. The van der Waals surface area contributed by atoms with Crippen LogP contribution in [0.4, 0.5) is 4.79 Å². The zero-order valence-corrected chi connectivity index (χ0v) is 11.8. The molecule has 0 bridgehead atoms. The zero-order valence-electron chi connectivity index (χ0n) is 11.8. The van der Waals surface area contributed by atoms with Gasteiger partial charge >= 0.3 is 6.09 Å². The third kappa shape index (κ3) is 4.53. The van der Waals surface area contributed by atoms with E-state index in [0.29, 0.717) is 19.5 Å². The van der Waals surface area contributed by atoms with Crippen molar-refractivity contribution in [2.45, 2.75) is 45.8 Å². The highest BCUT2D eigenvalue weighted by Gasteiger charge is 2.27. The van der Waals surface area contributed by atoms with Crippen LogP contribution in [0.25, 0.3) is 0 Å². The molecule has 0 aromatic rings. The first-order valence-corrected chi connectivity index (χ1v) is 6.42. The molecule has 1 aliphatic heterocycles. The van der Waals surface area contributed by atoms with Gasteiger partial charge in [0.15, 0.2) is 0 Å². The van der Waals surface area contributed by atoms with Gasteiger partial charge in [-0.25, -0.2) is 4.79 Å². The molecule has 0 N–H and O–H groups in total. The molecule has 0 saturated carbocycles. The number of carbonyl (C=O) groups is 1. The lowest BCUT2D eigenvalue weighted by Gasteiger charge is -2.37. The van der Waals surface area contributed by atoms with Crippen molar-refractivity contribution in [3.05, 3.63) is 0 Å². The highest BCUT2D eigenvalue weighted by atomic mass is 16.6. The zero-order chi connectivity index (χ0) is 13.8. The number of carbonyl (C=O) groups excluding carboxylic acids is 1. The predicted octanol–water partition coefficient (Wildman–Crippen LogP) is 1.84. The normalized spacial score (nSPS) is 19.2. The number of rotatable bonds is 2. The van der Waals surface area contributed by atoms with Crippen molar-refractivity contribution in [2.75, 3.05) is 26.2 Å². The third-order valence-electron chi connectivity index (χ3n) is 2.98. The second kappa shape index (κ2) is 6.05. The summed E-state index contributed by atoms with van der Waals surface area (Å²) in [5.41, 5.74) is -0.442. The molecule has 1 amide bonds. The van der Waals surface area contributed by atoms with E-state index in [1.165, 1.54) is 0 Å². The van der Waals surface area contributed by atoms with E-state index in [1.807, 2.05) is 27.7 Å². The topological polar surface area (TPSA) is 56.6 Å². The summed E-state index contributed by atoms with van der Waals surface area (Å²) in [5.74, 6) is 0. The molecule has 1 atom stereocenters. The molecule has 18 heavy (non-hydrogen) atoms. The van der Waals surface area contributed by atoms with Gasteiger partial charge in [-0.05, 0) is 27.7 Å². The first-order valence-electron chi connectivity index (χ1n) is 6.42. The molecule has 0 aliphatic carbocycles. The van der Waals surface area contributed by atoms with Crippen LogP contribution in [-0.2, 0) is 4.74 Å². The second-order valence-electron chi connectivity index (χ2n) is 5.71. The summed E-state index contributed by atoms with van der Waals surface area (Å²) < 4.78 is 5.34. The monoisotopic (exact) mass is 253 g/mol. The molecule has 1 saturated heterocycles. The number of piperazine rings is 1. The quantitative estimate of drug-likeness (QED) is 0.753. The van der Waals surface area contributed by atoms with Crippen LogP contribution in [0.1, 0.15) is 34.1 Å². The lowest BCUT2D eigenvalue weighted by molar-refractivity contribution is 0.0113. The van der Waals surface area contributed by atoms with Gasteiger partial charge in [-0.15, -0.1) is 0 Å². The average Bonchev–Trinajstić information content (AvgIpc) is 2.27. The van der Waals surface area contributed by atoms with Crippen LogP contribution < -0.4 is 0 Å². The highest BCUT2D eigenvalue weighted by Crippen LogP contribution is 2.13. The van der Waals surface area contributed by atoms with Gasteiger partial charge in [0.1, 0.15) is 5.60 Å². The lowest BCUT2D eigenvalue weighted by Crippen LogP contribution is -2.52. The summed E-state index contributed by atoms with van der Waals surface area (Å²) in [7, 11) is 0. The van der Waals surface area contributed by atoms with Crippen LogP contribution in [0.2, 0.25) is 0 Å². The first kappa shape index (κ1) is 14.8. The van der Waals surface area contributed by atoms with Crippen molar-refractivity contribution in [3.8, 4) is 6.07 Å². The van der Waals surface area contributed by atoms with Crippen molar-refractivity contribution in [3.63, 3.8) is 0 Å². The Morgan fingerprint density at radius 1 is 1.33 bits per heavy atom. The van der Waals surface area contributed by atoms with E-state index in [2.05, 4.69) is 11.0 Å². The van der Waals surface area contributed by atoms with Crippen LogP contribution >= 0.6 is 0 Å². The Bertz CT molecular complexity index is 322. The van der Waals surface area contributed by atoms with Crippen molar-refractivity contribution in [2.24, 2.45) is 0 Å². The summed E-state index contributed by atoms with van der Waals surface area (Å²) in [6.45, 7) is 10.6. The minimum Gasteiger partial charge on any atom is -0.444 e. The van der Waals surface area contributed by atoms with E-state index >= 15 is 0 Å². The Kier molecular flexibility index (Phi) is 4.97. The fraction of sp³-hybridized carbons (Fsp3) is 0.846. The molecular weight excluding hydrogens is 230 g/mol. The number of ether oxygens (including phenoxy) is 1. The van der Waals surface area contributed by atoms with Gasteiger partial charge < -0.3 is 9.64 Å². The molecular formula is C13H23N3O2. The molecule has 0 aromatic carbocycles. The number of hydrogen-bond donors (Lipinski definition) is 0. The van der Waals surface area contributed by atoms with E-state index in [-0.39, 0.29) is 12.1 Å². The summed E-state index contributed by atoms with van der Waals surface area (Å²) in [5, 5.41) is 8.67.